The number of Topliss-reactive ketones (excluding diaryl/α,β-unsaturated/α-hetero) is 1. The Balaban J connectivity index is 2.36. The molecule has 2 saturated heterocycles. The fraction of sp³-hybridized carbons (Fsp3) is 0.875. The molecule has 2 heterocycles. The maximum atomic E-state index is 11.6. The minimum absolute atomic E-state index is 0.130. The number of carbonyl (C=O) groups is 1. The Bertz CT molecular complexity index is 304. The van der Waals surface area contributed by atoms with Crippen molar-refractivity contribution in [2.45, 2.75) is 42.6 Å². The molecule has 2 unspecified atom stereocenters. The molecule has 0 aromatic carbocycles. The van der Waals surface area contributed by atoms with Gasteiger partial charge in [0, 0.05) is 12.8 Å². The lowest BCUT2D eigenvalue weighted by Gasteiger charge is -2.05. The van der Waals surface area contributed by atoms with Crippen LogP contribution >= 0.6 is 0 Å². The first-order chi connectivity index (χ1) is 5.60. The second-order valence-electron chi connectivity index (χ2n) is 3.69. The Kier molecular flexibility index (Phi) is 1.75. The van der Waals surface area contributed by atoms with Gasteiger partial charge in [0.1, 0.15) is 5.78 Å². The van der Waals surface area contributed by atoms with Gasteiger partial charge in [0.05, 0.1) is 10.5 Å². The Hall–Kier alpha value is -0.380. The van der Waals surface area contributed by atoms with Crippen molar-refractivity contribution in [1.82, 2.24) is 0 Å². The van der Waals surface area contributed by atoms with Gasteiger partial charge in [0.15, 0.2) is 9.84 Å². The van der Waals surface area contributed by atoms with E-state index in [2.05, 4.69) is 0 Å². The van der Waals surface area contributed by atoms with E-state index in [1.54, 1.807) is 0 Å². The Morgan fingerprint density at radius 3 is 2.50 bits per heavy atom. The van der Waals surface area contributed by atoms with Crippen LogP contribution < -0.4 is 0 Å². The average molecular weight is 188 g/mol. The van der Waals surface area contributed by atoms with Gasteiger partial charge in [-0.1, -0.05) is 0 Å². The maximum absolute atomic E-state index is 11.6. The molecule has 2 bridgehead atoms. The van der Waals surface area contributed by atoms with Crippen molar-refractivity contribution >= 4 is 15.6 Å². The zero-order valence-corrected chi connectivity index (χ0v) is 7.64. The highest BCUT2D eigenvalue weighted by molar-refractivity contribution is 7.93. The zero-order valence-electron chi connectivity index (χ0n) is 6.82. The summed E-state index contributed by atoms with van der Waals surface area (Å²) in [6, 6.07) is 0. The Labute approximate surface area is 72.1 Å². The van der Waals surface area contributed by atoms with Crippen LogP contribution in [-0.2, 0) is 14.6 Å². The third-order valence-corrected chi connectivity index (χ3v) is 5.67. The molecule has 2 atom stereocenters. The predicted octanol–water partition coefficient (Wildman–Crippen LogP) is 0.685. The Morgan fingerprint density at radius 2 is 1.75 bits per heavy atom. The van der Waals surface area contributed by atoms with E-state index in [0.29, 0.717) is 19.3 Å². The maximum Gasteiger partial charge on any atom is 0.156 e. The molecule has 0 aromatic rings. The topological polar surface area (TPSA) is 51.2 Å². The summed E-state index contributed by atoms with van der Waals surface area (Å²) >= 11 is 0. The van der Waals surface area contributed by atoms with Gasteiger partial charge < -0.3 is 0 Å². The van der Waals surface area contributed by atoms with Crippen LogP contribution in [0.3, 0.4) is 0 Å². The molecule has 2 fully saturated rings. The molecule has 0 aromatic heterocycles. The van der Waals surface area contributed by atoms with E-state index in [1.165, 1.54) is 0 Å². The lowest BCUT2D eigenvalue weighted by Crippen LogP contribution is -2.20. The van der Waals surface area contributed by atoms with Gasteiger partial charge in [-0.2, -0.15) is 0 Å². The molecule has 0 radical (unpaired) electrons. The van der Waals surface area contributed by atoms with Gasteiger partial charge in [0.25, 0.3) is 0 Å². The molecule has 0 aliphatic carbocycles. The van der Waals surface area contributed by atoms with Gasteiger partial charge in [0.2, 0.25) is 0 Å². The first-order valence-corrected chi connectivity index (χ1v) is 5.96. The van der Waals surface area contributed by atoms with Gasteiger partial charge in [-0.15, -0.1) is 0 Å². The zero-order chi connectivity index (χ0) is 8.77. The fourth-order valence-electron chi connectivity index (χ4n) is 2.18. The lowest BCUT2D eigenvalue weighted by atomic mass is 10.0. The van der Waals surface area contributed by atoms with Crippen LogP contribution in [0.4, 0.5) is 0 Å². The summed E-state index contributed by atoms with van der Waals surface area (Å²) in [5.41, 5.74) is 0. The van der Waals surface area contributed by atoms with Crippen LogP contribution in [-0.4, -0.2) is 24.7 Å². The van der Waals surface area contributed by atoms with E-state index < -0.39 is 9.84 Å². The summed E-state index contributed by atoms with van der Waals surface area (Å²) < 4.78 is 23.2. The number of rotatable bonds is 0. The molecule has 0 saturated carbocycles. The third-order valence-electron chi connectivity index (χ3n) is 2.94. The van der Waals surface area contributed by atoms with Crippen molar-refractivity contribution in [3.63, 3.8) is 0 Å². The number of sulfone groups is 1. The molecule has 2 aliphatic rings. The number of carbonyl (C=O) groups excluding carboxylic acids is 1. The van der Waals surface area contributed by atoms with Crippen LogP contribution in [0.15, 0.2) is 0 Å². The van der Waals surface area contributed by atoms with E-state index in [-0.39, 0.29) is 22.7 Å². The van der Waals surface area contributed by atoms with Crippen LogP contribution in [0.1, 0.15) is 32.1 Å². The molecule has 2 rings (SSSR count). The highest BCUT2D eigenvalue weighted by Crippen LogP contribution is 2.35. The van der Waals surface area contributed by atoms with Crippen LogP contribution in [0, 0.1) is 0 Å². The molecule has 0 amide bonds. The largest absolute Gasteiger partial charge is 0.300 e. The van der Waals surface area contributed by atoms with Crippen molar-refractivity contribution < 1.29 is 13.2 Å². The molecule has 12 heavy (non-hydrogen) atoms. The standard InChI is InChI=1S/C8H12O3S/c9-6-1-2-7-3-4-8(5-6)12(7,10)11/h7-8H,1-5H2. The minimum atomic E-state index is -2.92. The highest BCUT2D eigenvalue weighted by atomic mass is 32.2. The van der Waals surface area contributed by atoms with E-state index in [9.17, 15) is 13.2 Å². The normalized spacial score (nSPS) is 39.5. The second kappa shape index (κ2) is 2.55. The summed E-state index contributed by atoms with van der Waals surface area (Å²) in [6.45, 7) is 0. The second-order valence-corrected chi connectivity index (χ2v) is 6.20. The highest BCUT2D eigenvalue weighted by Gasteiger charge is 2.43. The number of fused-ring (bicyclic) bond motifs is 2. The minimum Gasteiger partial charge on any atom is -0.300 e. The molecule has 0 N–H and O–H groups in total. The van der Waals surface area contributed by atoms with Crippen LogP contribution in [0.25, 0.3) is 0 Å². The lowest BCUT2D eigenvalue weighted by molar-refractivity contribution is -0.119. The van der Waals surface area contributed by atoms with E-state index in [4.69, 9.17) is 0 Å². The first-order valence-electron chi connectivity index (χ1n) is 4.35. The van der Waals surface area contributed by atoms with Crippen LogP contribution in [0.5, 0.6) is 0 Å². The summed E-state index contributed by atoms with van der Waals surface area (Å²) in [6.07, 6.45) is 2.80. The molecule has 3 nitrogen and oxygen atoms in total. The van der Waals surface area contributed by atoms with Crippen molar-refractivity contribution in [1.29, 1.82) is 0 Å². The number of ketones is 1. The molecule has 2 aliphatic heterocycles. The van der Waals surface area contributed by atoms with E-state index in [1.807, 2.05) is 0 Å². The first kappa shape index (κ1) is 8.23. The van der Waals surface area contributed by atoms with Crippen LogP contribution in [0.2, 0.25) is 0 Å². The van der Waals surface area contributed by atoms with Crippen molar-refractivity contribution in [2.75, 3.05) is 0 Å². The Morgan fingerprint density at radius 1 is 1.08 bits per heavy atom. The fourth-order valence-corrected chi connectivity index (χ4v) is 4.52. The smallest absolute Gasteiger partial charge is 0.156 e. The molecule has 68 valence electrons. The van der Waals surface area contributed by atoms with E-state index >= 15 is 0 Å². The third kappa shape index (κ3) is 1.09. The van der Waals surface area contributed by atoms with Crippen molar-refractivity contribution in [3.05, 3.63) is 0 Å². The van der Waals surface area contributed by atoms with Gasteiger partial charge in [-0.3, -0.25) is 4.79 Å². The summed E-state index contributed by atoms with van der Waals surface area (Å²) in [5, 5.41) is -0.536. The van der Waals surface area contributed by atoms with E-state index in [0.717, 1.165) is 6.42 Å². The molecular formula is C8H12O3S. The monoisotopic (exact) mass is 188 g/mol. The van der Waals surface area contributed by atoms with Crippen molar-refractivity contribution in [3.8, 4) is 0 Å². The summed E-state index contributed by atoms with van der Waals surface area (Å²) in [4.78, 5) is 11.1. The number of hydrogen-bond donors (Lipinski definition) is 0. The molecular weight excluding hydrogens is 176 g/mol. The van der Waals surface area contributed by atoms with Crippen molar-refractivity contribution in [2.24, 2.45) is 0 Å². The van der Waals surface area contributed by atoms with Gasteiger partial charge in [-0.25, -0.2) is 8.42 Å². The quantitative estimate of drug-likeness (QED) is 0.562. The summed E-state index contributed by atoms with van der Waals surface area (Å²) in [5.74, 6) is 0.130. The summed E-state index contributed by atoms with van der Waals surface area (Å²) in [7, 11) is -2.92. The number of hydrogen-bond acceptors (Lipinski definition) is 3. The SMILES string of the molecule is O=C1CCC2CCC(C1)S2(=O)=O. The molecule has 0 spiro atoms. The average Bonchev–Trinajstić information content (AvgIpc) is 2.15. The van der Waals surface area contributed by atoms with Gasteiger partial charge in [-0.05, 0) is 19.3 Å². The van der Waals surface area contributed by atoms with Gasteiger partial charge >= 0.3 is 0 Å². The predicted molar refractivity (Wildman–Crippen MR) is 44.6 cm³/mol. The molecule has 4 heteroatoms.